The Morgan fingerprint density at radius 2 is 2.00 bits per heavy atom. The summed E-state index contributed by atoms with van der Waals surface area (Å²) in [5.74, 6) is 0.313. The normalized spacial score (nSPS) is 12.4. The van der Waals surface area contributed by atoms with E-state index in [9.17, 15) is 14.4 Å². The number of amides is 2. The third kappa shape index (κ3) is 4.00. The van der Waals surface area contributed by atoms with E-state index in [0.717, 1.165) is 0 Å². The Kier molecular flexibility index (Phi) is 5.17. The number of methoxy groups -OCH3 is 1. The second-order valence-electron chi connectivity index (χ2n) is 5.72. The Morgan fingerprint density at radius 3 is 2.81 bits per heavy atom. The summed E-state index contributed by atoms with van der Waals surface area (Å²) in [5, 5.41) is 5.40. The quantitative estimate of drug-likeness (QED) is 0.778. The second-order valence-corrected chi connectivity index (χ2v) is 5.72. The summed E-state index contributed by atoms with van der Waals surface area (Å²) in [6.07, 6.45) is 0.109. The van der Waals surface area contributed by atoms with Crippen LogP contribution in [0.3, 0.4) is 0 Å². The molecule has 0 aromatic heterocycles. The molecular weight excluding hydrogens is 336 g/mol. The van der Waals surface area contributed by atoms with Gasteiger partial charge in [0, 0.05) is 18.4 Å². The fourth-order valence-corrected chi connectivity index (χ4v) is 2.59. The van der Waals surface area contributed by atoms with Crippen molar-refractivity contribution in [2.75, 3.05) is 24.4 Å². The van der Waals surface area contributed by atoms with Gasteiger partial charge in [0.15, 0.2) is 18.1 Å². The lowest BCUT2D eigenvalue weighted by Crippen LogP contribution is -2.26. The molecule has 2 aromatic rings. The Labute approximate surface area is 150 Å². The molecule has 7 heteroatoms. The molecule has 0 aliphatic carbocycles. The van der Waals surface area contributed by atoms with E-state index in [1.165, 1.54) is 7.11 Å². The van der Waals surface area contributed by atoms with Gasteiger partial charge in [0.25, 0.3) is 5.91 Å². The number of Topliss-reactive ketones (excluding diaryl/α,β-unsaturated/α-hetero) is 1. The molecule has 0 radical (unpaired) electrons. The molecule has 0 fully saturated rings. The van der Waals surface area contributed by atoms with Crippen molar-refractivity contribution in [1.29, 1.82) is 0 Å². The maximum absolute atomic E-state index is 12.2. The van der Waals surface area contributed by atoms with E-state index in [1.807, 2.05) is 0 Å². The number of hydrogen-bond acceptors (Lipinski definition) is 5. The summed E-state index contributed by atoms with van der Waals surface area (Å²) in [5.41, 5.74) is 1.47. The number of fused-ring (bicyclic) bond motifs is 1. The van der Waals surface area contributed by atoms with Gasteiger partial charge in [-0.05, 0) is 24.3 Å². The van der Waals surface area contributed by atoms with Crippen LogP contribution in [0.4, 0.5) is 11.4 Å². The van der Waals surface area contributed by atoms with E-state index in [0.29, 0.717) is 28.4 Å². The van der Waals surface area contributed by atoms with Crippen LogP contribution >= 0.6 is 0 Å². The van der Waals surface area contributed by atoms with E-state index in [-0.39, 0.29) is 37.0 Å². The van der Waals surface area contributed by atoms with Crippen LogP contribution in [0.15, 0.2) is 42.5 Å². The van der Waals surface area contributed by atoms with Crippen molar-refractivity contribution in [3.63, 3.8) is 0 Å². The molecule has 0 unspecified atom stereocenters. The Morgan fingerprint density at radius 1 is 1.19 bits per heavy atom. The second kappa shape index (κ2) is 7.69. The molecule has 0 bridgehead atoms. The van der Waals surface area contributed by atoms with E-state index < -0.39 is 0 Å². The summed E-state index contributed by atoms with van der Waals surface area (Å²) >= 11 is 0. The summed E-state index contributed by atoms with van der Waals surface area (Å²) in [6, 6.07) is 11.9. The number of carbonyl (C=O) groups excluding carboxylic acids is 3. The Bertz CT molecular complexity index is 863. The summed E-state index contributed by atoms with van der Waals surface area (Å²) in [6.45, 7) is -0.103. The number of ketones is 1. The third-order valence-corrected chi connectivity index (χ3v) is 3.88. The smallest absolute Gasteiger partial charge is 0.262 e. The molecular formula is C19H18N2O5. The molecule has 0 saturated heterocycles. The van der Waals surface area contributed by atoms with E-state index in [2.05, 4.69) is 10.6 Å². The van der Waals surface area contributed by atoms with Crippen LogP contribution in [0, 0.1) is 0 Å². The highest BCUT2D eigenvalue weighted by Gasteiger charge is 2.20. The van der Waals surface area contributed by atoms with E-state index >= 15 is 0 Å². The largest absolute Gasteiger partial charge is 0.497 e. The average Bonchev–Trinajstić information content (AvgIpc) is 2.66. The fraction of sp³-hybridized carbons (Fsp3) is 0.211. The topological polar surface area (TPSA) is 93.7 Å². The molecule has 2 amide bonds. The number of para-hydroxylation sites is 1. The summed E-state index contributed by atoms with van der Waals surface area (Å²) in [7, 11) is 1.53. The number of rotatable bonds is 6. The number of nitrogens with one attached hydrogen (secondary N) is 2. The highest BCUT2D eigenvalue weighted by atomic mass is 16.5. The van der Waals surface area contributed by atoms with Crippen molar-refractivity contribution in [3.05, 3.63) is 48.0 Å². The summed E-state index contributed by atoms with van der Waals surface area (Å²) < 4.78 is 10.5. The Hall–Kier alpha value is -3.35. The zero-order valence-electron chi connectivity index (χ0n) is 14.2. The van der Waals surface area contributed by atoms with Crippen LogP contribution in [0.5, 0.6) is 11.5 Å². The fourth-order valence-electron chi connectivity index (χ4n) is 2.59. The van der Waals surface area contributed by atoms with Crippen LogP contribution in [-0.4, -0.2) is 31.3 Å². The van der Waals surface area contributed by atoms with Crippen LogP contribution in [0.2, 0.25) is 0 Å². The van der Waals surface area contributed by atoms with Gasteiger partial charge in [0.2, 0.25) is 5.91 Å². The molecule has 7 nitrogen and oxygen atoms in total. The van der Waals surface area contributed by atoms with Crippen LogP contribution in [-0.2, 0) is 9.59 Å². The van der Waals surface area contributed by atoms with Crippen molar-refractivity contribution >= 4 is 29.0 Å². The van der Waals surface area contributed by atoms with Crippen LogP contribution in [0.1, 0.15) is 23.2 Å². The lowest BCUT2D eigenvalue weighted by atomic mass is 10.1. The minimum Gasteiger partial charge on any atom is -0.497 e. The molecule has 26 heavy (non-hydrogen) atoms. The van der Waals surface area contributed by atoms with E-state index in [4.69, 9.17) is 9.47 Å². The van der Waals surface area contributed by atoms with Gasteiger partial charge in [0.1, 0.15) is 5.75 Å². The summed E-state index contributed by atoms with van der Waals surface area (Å²) in [4.78, 5) is 35.8. The minimum atomic E-state index is -0.310. The maximum Gasteiger partial charge on any atom is 0.262 e. The number of benzene rings is 2. The number of anilines is 2. The predicted octanol–water partition coefficient (Wildman–Crippen LogP) is 2.63. The zero-order valence-corrected chi connectivity index (χ0v) is 14.2. The third-order valence-electron chi connectivity index (χ3n) is 3.88. The Balaban J connectivity index is 1.60. The molecule has 134 valence electrons. The van der Waals surface area contributed by atoms with Gasteiger partial charge in [-0.2, -0.15) is 0 Å². The van der Waals surface area contributed by atoms with Crippen molar-refractivity contribution < 1.29 is 23.9 Å². The van der Waals surface area contributed by atoms with Crippen molar-refractivity contribution in [2.45, 2.75) is 12.8 Å². The lowest BCUT2D eigenvalue weighted by Gasteiger charge is -2.20. The van der Waals surface area contributed by atoms with Crippen molar-refractivity contribution in [1.82, 2.24) is 0 Å². The molecule has 0 saturated carbocycles. The van der Waals surface area contributed by atoms with Gasteiger partial charge in [-0.25, -0.2) is 0 Å². The predicted molar refractivity (Wildman–Crippen MR) is 95.8 cm³/mol. The van der Waals surface area contributed by atoms with Crippen molar-refractivity contribution in [2.24, 2.45) is 0 Å². The molecule has 2 aromatic carbocycles. The van der Waals surface area contributed by atoms with Gasteiger partial charge >= 0.3 is 0 Å². The van der Waals surface area contributed by atoms with Crippen molar-refractivity contribution in [3.8, 4) is 11.5 Å². The van der Waals surface area contributed by atoms with Crippen LogP contribution in [0.25, 0.3) is 0 Å². The number of carbonyl (C=O) groups is 3. The highest BCUT2D eigenvalue weighted by molar-refractivity contribution is 6.02. The number of hydrogen-bond donors (Lipinski definition) is 2. The molecule has 0 atom stereocenters. The number of ether oxygens (including phenoxy) is 2. The first-order chi connectivity index (χ1) is 12.6. The van der Waals surface area contributed by atoms with Gasteiger partial charge < -0.3 is 20.1 Å². The first kappa shape index (κ1) is 17.5. The molecule has 1 heterocycles. The lowest BCUT2D eigenvalue weighted by molar-refractivity contribution is -0.118. The molecule has 3 rings (SSSR count). The maximum atomic E-state index is 12.2. The first-order valence-corrected chi connectivity index (χ1v) is 8.09. The van der Waals surface area contributed by atoms with Gasteiger partial charge in [0.05, 0.1) is 18.5 Å². The van der Waals surface area contributed by atoms with Gasteiger partial charge in [-0.15, -0.1) is 0 Å². The van der Waals surface area contributed by atoms with Crippen LogP contribution < -0.4 is 20.1 Å². The molecule has 1 aliphatic rings. The molecule has 0 spiro atoms. The van der Waals surface area contributed by atoms with E-state index in [1.54, 1.807) is 42.5 Å². The molecule has 1 aliphatic heterocycles. The first-order valence-electron chi connectivity index (χ1n) is 8.09. The SMILES string of the molecule is COc1cccc(C(=O)CCC(=O)Nc2cccc3c2OCC(=O)N3)c1. The highest BCUT2D eigenvalue weighted by Crippen LogP contribution is 2.35. The standard InChI is InChI=1S/C19H18N2O5/c1-25-13-5-2-4-12(10-13)16(22)8-9-17(23)20-14-6-3-7-15-19(14)26-11-18(24)21-15/h2-7,10H,8-9,11H2,1H3,(H,20,23)(H,21,24). The minimum absolute atomic E-state index is 0.0338. The zero-order chi connectivity index (χ0) is 18.5. The van der Waals surface area contributed by atoms with Gasteiger partial charge in [-0.3, -0.25) is 14.4 Å². The monoisotopic (exact) mass is 354 g/mol. The van der Waals surface area contributed by atoms with Gasteiger partial charge in [-0.1, -0.05) is 18.2 Å². The molecule has 2 N–H and O–H groups in total. The average molecular weight is 354 g/mol.